The molecule has 0 radical (unpaired) electrons. The number of carbonyl (C=O) groups is 1. The number of pyridine rings is 2. The van der Waals surface area contributed by atoms with Crippen LogP contribution in [-0.2, 0) is 4.79 Å². The van der Waals surface area contributed by atoms with Crippen LogP contribution in [0.4, 0.5) is 0 Å². The molecular weight excluding hydrogens is 264 g/mol. The van der Waals surface area contributed by atoms with Crippen LogP contribution < -0.4 is 0 Å². The van der Waals surface area contributed by atoms with Crippen molar-refractivity contribution in [2.45, 2.75) is 6.42 Å². The molecule has 3 aromatic rings. The standard InChI is InChI=1S/C16H14N4O/c21-10-20-7-3-11(4-8-20)12-1-5-17-14-9-19-16-13(15(12)14)2-6-18-16/h1-3,5-6,9-10,17H,4,7-8H2. The summed E-state index contributed by atoms with van der Waals surface area (Å²) in [7, 11) is 0. The number of nitrogens with one attached hydrogen (secondary N) is 1. The number of H-pyrrole nitrogens is 1. The maximum absolute atomic E-state index is 10.8. The molecule has 4 heterocycles. The van der Waals surface area contributed by atoms with Gasteiger partial charge in [-0.25, -0.2) is 9.97 Å². The number of fused-ring (bicyclic) bond motifs is 3. The molecular formula is C16H14N4O. The third-order valence-corrected chi connectivity index (χ3v) is 4.03. The van der Waals surface area contributed by atoms with Crippen molar-refractivity contribution in [3.8, 4) is 0 Å². The molecule has 1 N–H and O–H groups in total. The third-order valence-electron chi connectivity index (χ3n) is 4.03. The maximum Gasteiger partial charge on any atom is 0.209 e. The molecule has 0 aromatic carbocycles. The number of hydrogen-bond donors (Lipinski definition) is 1. The minimum absolute atomic E-state index is 0.673. The van der Waals surface area contributed by atoms with E-state index < -0.39 is 0 Å². The van der Waals surface area contributed by atoms with E-state index in [0.717, 1.165) is 41.3 Å². The van der Waals surface area contributed by atoms with Gasteiger partial charge in [0.05, 0.1) is 11.7 Å². The third kappa shape index (κ3) is 1.89. The summed E-state index contributed by atoms with van der Waals surface area (Å²) in [4.78, 5) is 24.5. The molecule has 5 nitrogen and oxygen atoms in total. The fourth-order valence-electron chi connectivity index (χ4n) is 2.95. The predicted octanol–water partition coefficient (Wildman–Crippen LogP) is 2.36. The highest BCUT2D eigenvalue weighted by Gasteiger charge is 2.15. The van der Waals surface area contributed by atoms with Gasteiger partial charge >= 0.3 is 0 Å². The quantitative estimate of drug-likeness (QED) is 0.732. The van der Waals surface area contributed by atoms with Crippen LogP contribution in [0.15, 0.2) is 36.8 Å². The first kappa shape index (κ1) is 12.1. The summed E-state index contributed by atoms with van der Waals surface area (Å²) in [5.74, 6) is 0. The second kappa shape index (κ2) is 4.70. The Labute approximate surface area is 121 Å². The van der Waals surface area contributed by atoms with Crippen LogP contribution in [0.3, 0.4) is 0 Å². The minimum Gasteiger partial charge on any atom is -0.360 e. The highest BCUT2D eigenvalue weighted by Crippen LogP contribution is 2.31. The Bertz CT molecular complexity index is 865. The molecule has 21 heavy (non-hydrogen) atoms. The number of nitrogens with zero attached hydrogens (tertiary/aromatic N) is 3. The summed E-state index contributed by atoms with van der Waals surface area (Å²) in [6, 6.07) is 4.10. The zero-order valence-electron chi connectivity index (χ0n) is 11.4. The van der Waals surface area contributed by atoms with Crippen LogP contribution in [0.2, 0.25) is 0 Å². The monoisotopic (exact) mass is 278 g/mol. The highest BCUT2D eigenvalue weighted by molar-refractivity contribution is 6.08. The summed E-state index contributed by atoms with van der Waals surface area (Å²) in [6.45, 7) is 1.44. The van der Waals surface area contributed by atoms with Gasteiger partial charge in [-0.2, -0.15) is 0 Å². The van der Waals surface area contributed by atoms with Crippen molar-refractivity contribution in [3.05, 3.63) is 42.4 Å². The number of rotatable bonds is 2. The average Bonchev–Trinajstić information content (AvgIpc) is 3.03. The Balaban J connectivity index is 1.94. The topological polar surface area (TPSA) is 61.9 Å². The van der Waals surface area contributed by atoms with E-state index in [1.54, 1.807) is 11.1 Å². The van der Waals surface area contributed by atoms with Crippen LogP contribution in [0.1, 0.15) is 12.0 Å². The molecule has 0 saturated heterocycles. The summed E-state index contributed by atoms with van der Waals surface area (Å²) in [5, 5.41) is 2.23. The molecule has 0 aliphatic carbocycles. The van der Waals surface area contributed by atoms with Crippen LogP contribution in [0.5, 0.6) is 0 Å². The Hall–Kier alpha value is -2.69. The minimum atomic E-state index is 0.673. The van der Waals surface area contributed by atoms with Crippen molar-refractivity contribution in [2.75, 3.05) is 13.1 Å². The Morgan fingerprint density at radius 3 is 3.05 bits per heavy atom. The van der Waals surface area contributed by atoms with Crippen molar-refractivity contribution in [1.29, 1.82) is 0 Å². The lowest BCUT2D eigenvalue weighted by Gasteiger charge is -2.23. The number of aromatic nitrogens is 3. The van der Waals surface area contributed by atoms with Crippen molar-refractivity contribution in [2.24, 2.45) is 0 Å². The van der Waals surface area contributed by atoms with Crippen molar-refractivity contribution >= 4 is 33.9 Å². The van der Waals surface area contributed by atoms with Gasteiger partial charge in [0.1, 0.15) is 0 Å². The lowest BCUT2D eigenvalue weighted by atomic mass is 9.96. The largest absolute Gasteiger partial charge is 0.360 e. The SMILES string of the molecule is O=CN1CC=C(c2cc[nH]c3cnc4nccc4c23)CC1. The molecule has 3 aromatic heterocycles. The molecule has 1 aliphatic rings. The molecule has 0 spiro atoms. The van der Waals surface area contributed by atoms with Gasteiger partial charge in [-0.05, 0) is 29.7 Å². The average molecular weight is 278 g/mol. The zero-order chi connectivity index (χ0) is 14.2. The molecule has 4 rings (SSSR count). The second-order valence-corrected chi connectivity index (χ2v) is 5.20. The van der Waals surface area contributed by atoms with E-state index in [-0.39, 0.29) is 0 Å². The maximum atomic E-state index is 10.8. The van der Waals surface area contributed by atoms with Crippen molar-refractivity contribution < 1.29 is 4.79 Å². The van der Waals surface area contributed by atoms with Crippen LogP contribution in [0.25, 0.3) is 27.5 Å². The molecule has 104 valence electrons. The zero-order valence-corrected chi connectivity index (χ0v) is 11.4. The van der Waals surface area contributed by atoms with Gasteiger partial charge in [0.15, 0.2) is 5.65 Å². The van der Waals surface area contributed by atoms with Gasteiger partial charge in [-0.15, -0.1) is 0 Å². The van der Waals surface area contributed by atoms with Crippen molar-refractivity contribution in [3.63, 3.8) is 0 Å². The fraction of sp³-hybridized carbons (Fsp3) is 0.188. The fourth-order valence-corrected chi connectivity index (χ4v) is 2.95. The number of hydrogen-bond acceptors (Lipinski definition) is 3. The molecule has 5 heteroatoms. The van der Waals surface area contributed by atoms with E-state index in [4.69, 9.17) is 0 Å². The van der Waals surface area contributed by atoms with Gasteiger partial charge in [-0.1, -0.05) is 6.08 Å². The molecule has 0 unspecified atom stereocenters. The smallest absolute Gasteiger partial charge is 0.209 e. The predicted molar refractivity (Wildman–Crippen MR) is 81.6 cm³/mol. The van der Waals surface area contributed by atoms with E-state index in [2.05, 4.69) is 27.1 Å². The van der Waals surface area contributed by atoms with Crippen molar-refractivity contribution in [1.82, 2.24) is 19.9 Å². The Kier molecular flexibility index (Phi) is 2.70. The van der Waals surface area contributed by atoms with E-state index in [1.807, 2.05) is 18.5 Å². The van der Waals surface area contributed by atoms with E-state index in [9.17, 15) is 4.79 Å². The summed E-state index contributed by atoms with van der Waals surface area (Å²) < 4.78 is 0. The molecule has 0 fully saturated rings. The molecule has 1 aliphatic heterocycles. The Morgan fingerprint density at radius 1 is 1.29 bits per heavy atom. The van der Waals surface area contributed by atoms with Gasteiger partial charge < -0.3 is 9.88 Å². The lowest BCUT2D eigenvalue weighted by molar-refractivity contribution is -0.117. The van der Waals surface area contributed by atoms with E-state index in [0.29, 0.717) is 6.54 Å². The number of amides is 1. The van der Waals surface area contributed by atoms with Gasteiger partial charge in [0, 0.05) is 36.3 Å². The first-order chi connectivity index (χ1) is 10.4. The summed E-state index contributed by atoms with van der Waals surface area (Å²) >= 11 is 0. The summed E-state index contributed by atoms with van der Waals surface area (Å²) in [6.07, 6.45) is 9.47. The first-order valence-corrected chi connectivity index (χ1v) is 6.96. The molecule has 0 saturated carbocycles. The molecule has 1 amide bonds. The Morgan fingerprint density at radius 2 is 2.24 bits per heavy atom. The van der Waals surface area contributed by atoms with Gasteiger partial charge in [0.25, 0.3) is 0 Å². The molecule has 0 bridgehead atoms. The van der Waals surface area contributed by atoms with Crippen LogP contribution >= 0.6 is 0 Å². The number of aromatic amines is 1. The lowest BCUT2D eigenvalue weighted by Crippen LogP contribution is -2.26. The molecule has 0 atom stereocenters. The van der Waals surface area contributed by atoms with Crippen LogP contribution in [0, 0.1) is 0 Å². The highest BCUT2D eigenvalue weighted by atomic mass is 16.1. The second-order valence-electron chi connectivity index (χ2n) is 5.20. The first-order valence-electron chi connectivity index (χ1n) is 6.96. The normalized spacial score (nSPS) is 15.4. The number of carbonyl (C=O) groups excluding carboxylic acids is 1. The van der Waals surface area contributed by atoms with E-state index in [1.165, 1.54) is 11.1 Å². The van der Waals surface area contributed by atoms with E-state index >= 15 is 0 Å². The van der Waals surface area contributed by atoms with Gasteiger partial charge in [-0.3, -0.25) is 4.79 Å². The van der Waals surface area contributed by atoms with Crippen LogP contribution in [-0.4, -0.2) is 39.4 Å². The summed E-state index contributed by atoms with van der Waals surface area (Å²) in [5.41, 5.74) is 4.26. The van der Waals surface area contributed by atoms with Gasteiger partial charge in [0.2, 0.25) is 6.41 Å².